The molecule has 1 aromatic heterocycles. The Labute approximate surface area is 205 Å². The van der Waals surface area contributed by atoms with Crippen molar-refractivity contribution >= 4 is 28.0 Å². The number of benzene rings is 1. The Morgan fingerprint density at radius 1 is 1.09 bits per heavy atom. The van der Waals surface area contributed by atoms with Crippen LogP contribution in [0.1, 0.15) is 64.9 Å². The van der Waals surface area contributed by atoms with Crippen LogP contribution in [0.15, 0.2) is 51.2 Å². The zero-order valence-electron chi connectivity index (χ0n) is 20.2. The number of H-pyrrole nitrogens is 1. The van der Waals surface area contributed by atoms with E-state index >= 15 is 0 Å². The SMILES string of the molecule is C#C.C#N.CC(C)(C)S(=O)c1ccc(N=C(N)c2c(NC3CCCCCC3)cc[nH]c2=O)cc1. The van der Waals surface area contributed by atoms with Gasteiger partial charge in [-0.05, 0) is 63.9 Å². The summed E-state index contributed by atoms with van der Waals surface area (Å²) in [6, 6.07) is 9.34. The van der Waals surface area contributed by atoms with Crippen LogP contribution in [0.5, 0.6) is 0 Å². The molecule has 4 N–H and O–H groups in total. The van der Waals surface area contributed by atoms with Crippen LogP contribution in [0.2, 0.25) is 0 Å². The second-order valence-corrected chi connectivity index (χ2v) is 11.0. The summed E-state index contributed by atoms with van der Waals surface area (Å²) in [6.07, 6.45) is 16.7. The number of amidine groups is 1. The molecule has 1 aromatic carbocycles. The highest BCUT2D eigenvalue weighted by molar-refractivity contribution is 7.86. The number of rotatable bonds is 5. The Morgan fingerprint density at radius 2 is 1.65 bits per heavy atom. The van der Waals surface area contributed by atoms with E-state index in [1.54, 1.807) is 30.5 Å². The van der Waals surface area contributed by atoms with Gasteiger partial charge in [0.2, 0.25) is 0 Å². The zero-order valence-corrected chi connectivity index (χ0v) is 21.0. The number of nitriles is 1. The summed E-state index contributed by atoms with van der Waals surface area (Å²) in [7, 11) is -1.12. The first-order chi connectivity index (χ1) is 16.3. The predicted molar refractivity (Wildman–Crippen MR) is 142 cm³/mol. The van der Waals surface area contributed by atoms with E-state index in [0.717, 1.165) is 23.4 Å². The number of hydrogen-bond donors (Lipinski definition) is 3. The first-order valence-electron chi connectivity index (χ1n) is 11.2. The van der Waals surface area contributed by atoms with Crippen LogP contribution in [0, 0.1) is 24.7 Å². The van der Waals surface area contributed by atoms with Crippen molar-refractivity contribution in [1.29, 1.82) is 5.26 Å². The number of hydrogen-bond acceptors (Lipinski definition) is 5. The highest BCUT2D eigenvalue weighted by atomic mass is 32.2. The minimum absolute atomic E-state index is 0.165. The summed E-state index contributed by atoms with van der Waals surface area (Å²) in [4.78, 5) is 20.4. The van der Waals surface area contributed by atoms with E-state index in [1.807, 2.05) is 26.8 Å². The van der Waals surface area contributed by atoms with E-state index in [1.165, 1.54) is 25.7 Å². The van der Waals surface area contributed by atoms with Crippen molar-refractivity contribution in [3.05, 3.63) is 52.4 Å². The number of nitrogens with zero attached hydrogens (tertiary/aromatic N) is 2. The topological polar surface area (TPSA) is 124 Å². The number of nitrogens with one attached hydrogen (secondary N) is 2. The molecule has 3 rings (SSSR count). The standard InChI is InChI=1S/C23H32N4O2S.C2H2.CHN/c1-23(2,3)30(29)18-12-10-17(11-13-18)27-21(24)20-19(14-15-25-22(20)28)26-16-8-6-4-5-7-9-16;2*1-2/h10-16H,4-9H2,1-3H3,(H2,24,27)(H2,25,26,28);1-2H;1H. The molecule has 0 radical (unpaired) electrons. The summed E-state index contributed by atoms with van der Waals surface area (Å²) in [5.41, 5.74) is 7.70. The Bertz CT molecular complexity index is 1050. The second-order valence-electron chi connectivity index (χ2n) is 8.80. The van der Waals surface area contributed by atoms with Gasteiger partial charge >= 0.3 is 0 Å². The van der Waals surface area contributed by atoms with Crippen LogP contribution in [0.25, 0.3) is 0 Å². The molecule has 1 aliphatic carbocycles. The van der Waals surface area contributed by atoms with Crippen molar-refractivity contribution in [1.82, 2.24) is 4.98 Å². The molecule has 182 valence electrons. The number of aliphatic imine (C=N–C) groups is 1. The lowest BCUT2D eigenvalue weighted by Gasteiger charge is -2.19. The molecule has 1 heterocycles. The second kappa shape index (κ2) is 14.0. The van der Waals surface area contributed by atoms with Crippen LogP contribution in [-0.2, 0) is 10.8 Å². The maximum atomic E-state index is 12.5. The van der Waals surface area contributed by atoms with Crippen molar-refractivity contribution < 1.29 is 4.21 Å². The van der Waals surface area contributed by atoms with Gasteiger partial charge in [0, 0.05) is 28.5 Å². The van der Waals surface area contributed by atoms with Crippen LogP contribution in [0.4, 0.5) is 11.4 Å². The fourth-order valence-electron chi connectivity index (χ4n) is 3.69. The average Bonchev–Trinajstić information content (AvgIpc) is 3.10. The molecule has 1 aliphatic rings. The maximum absolute atomic E-state index is 12.5. The summed E-state index contributed by atoms with van der Waals surface area (Å²) in [6.45, 7) is 9.33. The quantitative estimate of drug-likeness (QED) is 0.244. The van der Waals surface area contributed by atoms with E-state index in [-0.39, 0.29) is 16.1 Å². The average molecular weight is 482 g/mol. The lowest BCUT2D eigenvalue weighted by Crippen LogP contribution is -2.28. The third-order valence-corrected chi connectivity index (χ3v) is 7.10. The number of aromatic amines is 1. The van der Waals surface area contributed by atoms with Crippen molar-refractivity contribution in [2.75, 3.05) is 5.32 Å². The van der Waals surface area contributed by atoms with Gasteiger partial charge in [0.25, 0.3) is 5.56 Å². The molecule has 0 bridgehead atoms. The predicted octanol–water partition coefficient (Wildman–Crippen LogP) is 4.84. The van der Waals surface area contributed by atoms with Gasteiger partial charge in [0.15, 0.2) is 0 Å². The molecule has 8 heteroatoms. The van der Waals surface area contributed by atoms with Crippen molar-refractivity contribution in [3.63, 3.8) is 0 Å². The normalized spacial score (nSPS) is 15.4. The molecule has 34 heavy (non-hydrogen) atoms. The first kappa shape index (κ1) is 28.7. The maximum Gasteiger partial charge on any atom is 0.261 e. The fraction of sp³-hybridized carbons (Fsp3) is 0.423. The van der Waals surface area contributed by atoms with E-state index in [2.05, 4.69) is 34.7 Å². The summed E-state index contributed by atoms with van der Waals surface area (Å²) < 4.78 is 12.2. The van der Waals surface area contributed by atoms with E-state index in [9.17, 15) is 9.00 Å². The molecular weight excluding hydrogens is 446 g/mol. The van der Waals surface area contributed by atoms with Crippen LogP contribution >= 0.6 is 0 Å². The Kier molecular flexibility index (Phi) is 11.8. The van der Waals surface area contributed by atoms with Gasteiger partial charge in [-0.2, -0.15) is 0 Å². The van der Waals surface area contributed by atoms with Crippen molar-refractivity contribution in [2.24, 2.45) is 10.7 Å². The molecule has 1 saturated carbocycles. The van der Waals surface area contributed by atoms with Gasteiger partial charge in [-0.3, -0.25) is 9.00 Å². The zero-order chi connectivity index (χ0) is 25.7. The minimum Gasteiger partial charge on any atom is -0.383 e. The number of aromatic nitrogens is 1. The van der Waals surface area contributed by atoms with Crippen LogP contribution < -0.4 is 16.6 Å². The fourth-order valence-corrected chi connectivity index (χ4v) is 4.78. The molecule has 1 unspecified atom stereocenters. The highest BCUT2D eigenvalue weighted by Gasteiger charge is 2.21. The summed E-state index contributed by atoms with van der Waals surface area (Å²) in [5.74, 6) is 0.165. The van der Waals surface area contributed by atoms with E-state index in [0.29, 0.717) is 17.3 Å². The third-order valence-electron chi connectivity index (χ3n) is 5.29. The smallest absolute Gasteiger partial charge is 0.261 e. The monoisotopic (exact) mass is 481 g/mol. The molecule has 0 aliphatic heterocycles. The molecule has 0 saturated heterocycles. The summed E-state index contributed by atoms with van der Waals surface area (Å²) in [5, 5.41) is 10.0. The molecule has 2 aromatic rings. The molecule has 0 spiro atoms. The number of terminal acetylenes is 1. The minimum atomic E-state index is -1.12. The Hall–Kier alpha value is -3.36. The van der Waals surface area contributed by atoms with Gasteiger partial charge < -0.3 is 16.0 Å². The number of nitrogens with two attached hydrogens (primary N) is 1. The third kappa shape index (κ3) is 8.20. The van der Waals surface area contributed by atoms with Gasteiger partial charge in [0.05, 0.1) is 22.2 Å². The van der Waals surface area contributed by atoms with Crippen LogP contribution in [0.3, 0.4) is 0 Å². The number of pyridine rings is 1. The molecule has 7 nitrogen and oxygen atoms in total. The van der Waals surface area contributed by atoms with Crippen molar-refractivity contribution in [2.45, 2.75) is 75.0 Å². The van der Waals surface area contributed by atoms with Gasteiger partial charge in [-0.25, -0.2) is 10.3 Å². The van der Waals surface area contributed by atoms with Gasteiger partial charge in [-0.1, -0.05) is 25.7 Å². The van der Waals surface area contributed by atoms with Gasteiger partial charge in [-0.15, -0.1) is 12.8 Å². The molecule has 0 amide bonds. The molecular formula is C26H35N5O2S. The molecule has 1 fully saturated rings. The lowest BCUT2D eigenvalue weighted by atomic mass is 10.1. The first-order valence-corrected chi connectivity index (χ1v) is 12.3. The largest absolute Gasteiger partial charge is 0.383 e. The summed E-state index contributed by atoms with van der Waals surface area (Å²) >= 11 is 0. The number of anilines is 1. The molecule has 1 atom stereocenters. The Balaban J connectivity index is 0.00000137. The van der Waals surface area contributed by atoms with Crippen LogP contribution in [-0.4, -0.2) is 25.8 Å². The Morgan fingerprint density at radius 3 is 2.18 bits per heavy atom. The van der Waals surface area contributed by atoms with E-state index in [4.69, 9.17) is 11.0 Å². The highest BCUT2D eigenvalue weighted by Crippen LogP contribution is 2.24. The van der Waals surface area contributed by atoms with E-state index < -0.39 is 10.8 Å². The van der Waals surface area contributed by atoms with Gasteiger partial charge in [0.1, 0.15) is 11.4 Å². The van der Waals surface area contributed by atoms with Crippen molar-refractivity contribution in [3.8, 4) is 19.4 Å². The lowest BCUT2D eigenvalue weighted by molar-refractivity contribution is 0.620.